The van der Waals surface area contributed by atoms with E-state index in [0.29, 0.717) is 0 Å². The van der Waals surface area contributed by atoms with Crippen molar-refractivity contribution in [2.45, 2.75) is 26.0 Å². The van der Waals surface area contributed by atoms with Crippen LogP contribution in [0.4, 0.5) is 0 Å². The topological polar surface area (TPSA) is 83.5 Å². The average Bonchev–Trinajstić information content (AvgIpc) is 2.24. The molecule has 1 heterocycles. The highest BCUT2D eigenvalue weighted by Crippen LogP contribution is 2.12. The minimum atomic E-state index is -3.18. The van der Waals surface area contributed by atoms with Gasteiger partial charge in [-0.15, -0.1) is 0 Å². The molecular weight excluding hydrogens is 206 g/mol. The largest absolute Gasteiger partial charge is 0.390 e. The minimum absolute atomic E-state index is 0.160. The molecule has 6 heteroatoms. The lowest BCUT2D eigenvalue weighted by atomic mass is 10.1. The van der Waals surface area contributed by atoms with Gasteiger partial charge in [0.25, 0.3) is 0 Å². The number of nitrogens with one attached hydrogen (secondary N) is 1. The van der Waals surface area contributed by atoms with Gasteiger partial charge in [-0.1, -0.05) is 13.8 Å². The lowest BCUT2D eigenvalue weighted by molar-refractivity contribution is -0.125. The molecule has 1 saturated heterocycles. The van der Waals surface area contributed by atoms with Gasteiger partial charge < -0.3 is 10.4 Å². The zero-order valence-electron chi connectivity index (χ0n) is 8.23. The number of aliphatic hydroxyl groups excluding tert-OH is 1. The number of aliphatic hydroxyl groups is 1. The number of hydrogen-bond acceptors (Lipinski definition) is 4. The van der Waals surface area contributed by atoms with Crippen molar-refractivity contribution in [3.8, 4) is 0 Å². The minimum Gasteiger partial charge on any atom is -0.390 e. The smallest absolute Gasteiger partial charge is 0.222 e. The Morgan fingerprint density at radius 1 is 1.43 bits per heavy atom. The fraction of sp³-hybridized carbons (Fsp3) is 0.875. The van der Waals surface area contributed by atoms with E-state index in [1.165, 1.54) is 0 Å². The second-order valence-corrected chi connectivity index (χ2v) is 6.07. The van der Waals surface area contributed by atoms with Crippen LogP contribution in [-0.4, -0.2) is 43.1 Å². The van der Waals surface area contributed by atoms with Gasteiger partial charge in [0.05, 0.1) is 23.7 Å². The molecule has 0 radical (unpaired) electrons. The van der Waals surface area contributed by atoms with Crippen LogP contribution < -0.4 is 5.32 Å². The van der Waals surface area contributed by atoms with Crippen LogP contribution >= 0.6 is 0 Å². The van der Waals surface area contributed by atoms with Crippen LogP contribution in [0.1, 0.15) is 13.8 Å². The molecule has 1 aliphatic heterocycles. The molecule has 14 heavy (non-hydrogen) atoms. The third-order valence-corrected chi connectivity index (χ3v) is 3.89. The van der Waals surface area contributed by atoms with Crippen molar-refractivity contribution in [3.05, 3.63) is 0 Å². The summed E-state index contributed by atoms with van der Waals surface area (Å²) < 4.78 is 22.2. The molecule has 82 valence electrons. The van der Waals surface area contributed by atoms with Crippen LogP contribution in [0.3, 0.4) is 0 Å². The molecule has 1 aliphatic rings. The molecule has 0 saturated carbocycles. The highest BCUT2D eigenvalue weighted by Gasteiger charge is 2.37. The van der Waals surface area contributed by atoms with Gasteiger partial charge in [-0.2, -0.15) is 0 Å². The molecular formula is C8H15NO4S. The van der Waals surface area contributed by atoms with E-state index >= 15 is 0 Å². The van der Waals surface area contributed by atoms with E-state index in [1.807, 2.05) is 0 Å². The van der Waals surface area contributed by atoms with Crippen molar-refractivity contribution in [2.75, 3.05) is 11.5 Å². The monoisotopic (exact) mass is 221 g/mol. The summed E-state index contributed by atoms with van der Waals surface area (Å²) in [5, 5.41) is 11.9. The second-order valence-electron chi connectivity index (χ2n) is 3.91. The van der Waals surface area contributed by atoms with E-state index in [-0.39, 0.29) is 23.3 Å². The van der Waals surface area contributed by atoms with Gasteiger partial charge in [-0.05, 0) is 0 Å². The second kappa shape index (κ2) is 3.86. The van der Waals surface area contributed by atoms with Gasteiger partial charge in [-0.3, -0.25) is 4.79 Å². The Balaban J connectivity index is 2.60. The van der Waals surface area contributed by atoms with E-state index < -0.39 is 22.0 Å². The summed E-state index contributed by atoms with van der Waals surface area (Å²) in [6.07, 6.45) is -0.970. The highest BCUT2D eigenvalue weighted by atomic mass is 32.2. The Hall–Kier alpha value is -0.620. The maximum absolute atomic E-state index is 11.2. The third-order valence-electron chi connectivity index (χ3n) is 2.17. The third kappa shape index (κ3) is 2.68. The molecule has 0 aromatic rings. The van der Waals surface area contributed by atoms with Crippen molar-refractivity contribution in [3.63, 3.8) is 0 Å². The van der Waals surface area contributed by atoms with E-state index in [2.05, 4.69) is 5.32 Å². The number of amides is 1. The van der Waals surface area contributed by atoms with Crippen LogP contribution in [0.25, 0.3) is 0 Å². The zero-order valence-corrected chi connectivity index (χ0v) is 9.04. The molecule has 0 bridgehead atoms. The lowest BCUT2D eigenvalue weighted by Crippen LogP contribution is -2.44. The maximum Gasteiger partial charge on any atom is 0.222 e. The predicted octanol–water partition coefficient (Wildman–Crippen LogP) is -1.08. The number of sulfone groups is 1. The van der Waals surface area contributed by atoms with E-state index in [0.717, 1.165) is 0 Å². The first-order chi connectivity index (χ1) is 6.32. The van der Waals surface area contributed by atoms with Crippen LogP contribution in [-0.2, 0) is 14.6 Å². The Bertz CT molecular complexity index is 322. The summed E-state index contributed by atoms with van der Waals surface area (Å²) >= 11 is 0. The Morgan fingerprint density at radius 3 is 2.36 bits per heavy atom. The normalized spacial score (nSPS) is 30.6. The van der Waals surface area contributed by atoms with Gasteiger partial charge in [0.1, 0.15) is 0 Å². The average molecular weight is 221 g/mol. The molecule has 2 atom stereocenters. The standard InChI is InChI=1S/C8H15NO4S/c1-5(2)8(11)9-6-3-14(12,13)4-7(6)10/h5-7,10H,3-4H2,1-2H3,(H,9,11). The van der Waals surface area contributed by atoms with Crippen molar-refractivity contribution in [1.29, 1.82) is 0 Å². The van der Waals surface area contributed by atoms with Crippen LogP contribution in [0, 0.1) is 5.92 Å². The fourth-order valence-corrected chi connectivity index (χ4v) is 3.06. The first-order valence-corrected chi connectivity index (χ1v) is 6.33. The molecule has 0 spiro atoms. The molecule has 1 fully saturated rings. The fourth-order valence-electron chi connectivity index (χ4n) is 1.32. The summed E-state index contributed by atoms with van der Waals surface area (Å²) in [5.74, 6) is -0.848. The zero-order chi connectivity index (χ0) is 10.9. The molecule has 0 aromatic carbocycles. The SMILES string of the molecule is CC(C)C(=O)NC1CS(=O)(=O)CC1O. The van der Waals surface area contributed by atoms with E-state index in [9.17, 15) is 18.3 Å². The van der Waals surface area contributed by atoms with E-state index in [4.69, 9.17) is 0 Å². The molecule has 2 unspecified atom stereocenters. The summed E-state index contributed by atoms with van der Waals surface area (Å²) in [6.45, 7) is 3.43. The van der Waals surface area contributed by atoms with Gasteiger partial charge >= 0.3 is 0 Å². The summed E-state index contributed by atoms with van der Waals surface area (Å²) in [6, 6.07) is -0.644. The number of carbonyl (C=O) groups excluding carboxylic acids is 1. The molecule has 1 amide bonds. The Morgan fingerprint density at radius 2 is 2.00 bits per heavy atom. The van der Waals surface area contributed by atoms with E-state index in [1.54, 1.807) is 13.8 Å². The van der Waals surface area contributed by atoms with Gasteiger partial charge in [-0.25, -0.2) is 8.42 Å². The molecule has 0 aromatic heterocycles. The maximum atomic E-state index is 11.2. The van der Waals surface area contributed by atoms with Crippen LogP contribution in [0.2, 0.25) is 0 Å². The Kier molecular flexibility index (Phi) is 3.16. The first-order valence-electron chi connectivity index (χ1n) is 4.50. The van der Waals surface area contributed by atoms with Gasteiger partial charge in [0.2, 0.25) is 5.91 Å². The number of carbonyl (C=O) groups is 1. The molecule has 2 N–H and O–H groups in total. The number of rotatable bonds is 2. The van der Waals surface area contributed by atoms with Crippen molar-refractivity contribution < 1.29 is 18.3 Å². The van der Waals surface area contributed by atoms with Gasteiger partial charge in [0, 0.05) is 5.92 Å². The van der Waals surface area contributed by atoms with Crippen molar-refractivity contribution in [2.24, 2.45) is 5.92 Å². The van der Waals surface area contributed by atoms with Crippen molar-refractivity contribution >= 4 is 15.7 Å². The summed E-state index contributed by atoms with van der Waals surface area (Å²) in [4.78, 5) is 11.2. The lowest BCUT2D eigenvalue weighted by Gasteiger charge is -2.16. The first kappa shape index (κ1) is 11.5. The van der Waals surface area contributed by atoms with Crippen molar-refractivity contribution in [1.82, 2.24) is 5.32 Å². The quantitative estimate of drug-likeness (QED) is 0.621. The summed E-state index contributed by atoms with van der Waals surface area (Å²) in [5.41, 5.74) is 0. The molecule has 1 rings (SSSR count). The molecule has 0 aliphatic carbocycles. The van der Waals surface area contributed by atoms with Crippen LogP contribution in [0.15, 0.2) is 0 Å². The van der Waals surface area contributed by atoms with Gasteiger partial charge in [0.15, 0.2) is 9.84 Å². The summed E-state index contributed by atoms with van der Waals surface area (Å²) in [7, 11) is -3.18. The Labute approximate surface area is 83.4 Å². The molecule has 5 nitrogen and oxygen atoms in total. The highest BCUT2D eigenvalue weighted by molar-refractivity contribution is 7.91. The van der Waals surface area contributed by atoms with Crippen LogP contribution in [0.5, 0.6) is 0 Å². The predicted molar refractivity (Wildman–Crippen MR) is 51.4 cm³/mol. The number of hydrogen-bond donors (Lipinski definition) is 2.